The molecule has 0 bridgehead atoms. The Morgan fingerprint density at radius 2 is 1.74 bits per heavy atom. The molecule has 31 heavy (non-hydrogen) atoms. The molecule has 1 atom stereocenters. The van der Waals surface area contributed by atoms with Crippen molar-refractivity contribution in [3.63, 3.8) is 0 Å². The van der Waals surface area contributed by atoms with Crippen LogP contribution in [0.4, 0.5) is 0 Å². The van der Waals surface area contributed by atoms with Crippen LogP contribution in [0.2, 0.25) is 0 Å². The quantitative estimate of drug-likeness (QED) is 0.598. The molecule has 4 rings (SSSR count). The van der Waals surface area contributed by atoms with E-state index >= 15 is 0 Å². The van der Waals surface area contributed by atoms with E-state index in [0.29, 0.717) is 6.04 Å². The standard InChI is InChI=1S/C25H30N4O2/c1-30-23-10-8-21(9-11-23)25-27-15-20(16-28-25)14-26-22-6-4-12-29(18-22)17-19-5-3-7-24(13-19)31-2/h3,5,7-11,13,15-16,22,26H,4,6,12,14,17-18H2,1-2H3/t22-/m0/s1. The van der Waals surface area contributed by atoms with Gasteiger partial charge in [0.1, 0.15) is 11.5 Å². The van der Waals surface area contributed by atoms with Crippen molar-refractivity contribution in [1.29, 1.82) is 0 Å². The lowest BCUT2D eigenvalue weighted by molar-refractivity contribution is 0.182. The first-order valence-electron chi connectivity index (χ1n) is 10.8. The van der Waals surface area contributed by atoms with Gasteiger partial charge in [-0.3, -0.25) is 4.90 Å². The first-order chi connectivity index (χ1) is 15.2. The number of benzene rings is 2. The summed E-state index contributed by atoms with van der Waals surface area (Å²) in [5.74, 6) is 2.48. The Labute approximate surface area is 184 Å². The monoisotopic (exact) mass is 418 g/mol. The Kier molecular flexibility index (Phi) is 7.12. The Hall–Kier alpha value is -2.96. The molecular weight excluding hydrogens is 388 g/mol. The highest BCUT2D eigenvalue weighted by Gasteiger charge is 2.19. The summed E-state index contributed by atoms with van der Waals surface area (Å²) in [7, 11) is 3.38. The number of hydrogen-bond donors (Lipinski definition) is 1. The van der Waals surface area contributed by atoms with E-state index < -0.39 is 0 Å². The second kappa shape index (κ2) is 10.4. The molecule has 0 aliphatic carbocycles. The maximum Gasteiger partial charge on any atom is 0.159 e. The van der Waals surface area contributed by atoms with Gasteiger partial charge in [-0.2, -0.15) is 0 Å². The summed E-state index contributed by atoms with van der Waals surface area (Å²) in [6, 6.07) is 16.6. The van der Waals surface area contributed by atoms with Crippen LogP contribution in [0.5, 0.6) is 11.5 Å². The number of piperidine rings is 1. The Morgan fingerprint density at radius 3 is 2.48 bits per heavy atom. The molecule has 0 saturated carbocycles. The van der Waals surface area contributed by atoms with Crippen LogP contribution < -0.4 is 14.8 Å². The van der Waals surface area contributed by atoms with Gasteiger partial charge in [0.25, 0.3) is 0 Å². The average Bonchev–Trinajstić information content (AvgIpc) is 2.83. The van der Waals surface area contributed by atoms with Crippen LogP contribution in [0.25, 0.3) is 11.4 Å². The summed E-state index contributed by atoms with van der Waals surface area (Å²) in [5.41, 5.74) is 3.38. The molecule has 0 radical (unpaired) electrons. The number of hydrogen-bond acceptors (Lipinski definition) is 6. The number of aromatic nitrogens is 2. The van der Waals surface area contributed by atoms with Gasteiger partial charge in [-0.1, -0.05) is 12.1 Å². The van der Waals surface area contributed by atoms with Crippen molar-refractivity contribution in [2.24, 2.45) is 0 Å². The van der Waals surface area contributed by atoms with Gasteiger partial charge in [0, 0.05) is 49.2 Å². The van der Waals surface area contributed by atoms with Crippen LogP contribution in [0.3, 0.4) is 0 Å². The normalized spacial score (nSPS) is 16.8. The second-order valence-corrected chi connectivity index (χ2v) is 7.95. The fourth-order valence-electron chi connectivity index (χ4n) is 3.99. The van der Waals surface area contributed by atoms with E-state index in [0.717, 1.165) is 54.6 Å². The minimum Gasteiger partial charge on any atom is -0.497 e. The van der Waals surface area contributed by atoms with Gasteiger partial charge >= 0.3 is 0 Å². The third-order valence-corrected chi connectivity index (χ3v) is 5.69. The van der Waals surface area contributed by atoms with Crippen molar-refractivity contribution in [3.05, 3.63) is 72.1 Å². The zero-order valence-corrected chi connectivity index (χ0v) is 18.3. The van der Waals surface area contributed by atoms with Gasteiger partial charge < -0.3 is 14.8 Å². The average molecular weight is 419 g/mol. The van der Waals surface area contributed by atoms with Crippen molar-refractivity contribution >= 4 is 0 Å². The van der Waals surface area contributed by atoms with Crippen LogP contribution in [-0.4, -0.2) is 48.2 Å². The largest absolute Gasteiger partial charge is 0.497 e. The highest BCUT2D eigenvalue weighted by molar-refractivity contribution is 5.55. The highest BCUT2D eigenvalue weighted by Crippen LogP contribution is 2.20. The van der Waals surface area contributed by atoms with E-state index in [1.807, 2.05) is 42.7 Å². The molecule has 2 aromatic carbocycles. The highest BCUT2D eigenvalue weighted by atomic mass is 16.5. The van der Waals surface area contributed by atoms with E-state index in [1.54, 1.807) is 14.2 Å². The van der Waals surface area contributed by atoms with Crippen molar-refractivity contribution in [2.45, 2.75) is 32.0 Å². The third-order valence-electron chi connectivity index (χ3n) is 5.69. The molecule has 1 fully saturated rings. The number of ether oxygens (including phenoxy) is 2. The molecule has 6 heteroatoms. The van der Waals surface area contributed by atoms with Crippen molar-refractivity contribution in [2.75, 3.05) is 27.3 Å². The number of nitrogens with zero attached hydrogens (tertiary/aromatic N) is 3. The topological polar surface area (TPSA) is 59.5 Å². The maximum atomic E-state index is 5.35. The molecule has 3 aromatic rings. The number of rotatable bonds is 8. The first-order valence-corrected chi connectivity index (χ1v) is 10.8. The summed E-state index contributed by atoms with van der Waals surface area (Å²) in [5, 5.41) is 3.69. The van der Waals surface area contributed by atoms with Gasteiger partial charge in [0.2, 0.25) is 0 Å². The molecule has 0 spiro atoms. The van der Waals surface area contributed by atoms with Gasteiger partial charge in [0.15, 0.2) is 5.82 Å². The van der Waals surface area contributed by atoms with Gasteiger partial charge in [-0.15, -0.1) is 0 Å². The van der Waals surface area contributed by atoms with Crippen LogP contribution >= 0.6 is 0 Å². The molecule has 1 aliphatic rings. The van der Waals surface area contributed by atoms with Crippen LogP contribution in [0, 0.1) is 0 Å². The van der Waals surface area contributed by atoms with Gasteiger partial charge in [-0.05, 0) is 61.3 Å². The second-order valence-electron chi connectivity index (χ2n) is 7.95. The number of likely N-dealkylation sites (tertiary alicyclic amines) is 1. The number of methoxy groups -OCH3 is 2. The van der Waals surface area contributed by atoms with E-state index in [4.69, 9.17) is 9.47 Å². The molecule has 6 nitrogen and oxygen atoms in total. The zero-order chi connectivity index (χ0) is 21.5. The summed E-state index contributed by atoms with van der Waals surface area (Å²) in [6.07, 6.45) is 6.22. The molecule has 1 N–H and O–H groups in total. The van der Waals surface area contributed by atoms with E-state index in [2.05, 4.69) is 38.4 Å². The first kappa shape index (κ1) is 21.3. The maximum absolute atomic E-state index is 5.35. The SMILES string of the molecule is COc1ccc(-c2ncc(CN[C@H]3CCCN(Cc4cccc(OC)c4)C3)cn2)cc1. The Morgan fingerprint density at radius 1 is 0.968 bits per heavy atom. The van der Waals surface area contributed by atoms with E-state index in [1.165, 1.54) is 18.4 Å². The predicted molar refractivity (Wildman–Crippen MR) is 122 cm³/mol. The summed E-state index contributed by atoms with van der Waals surface area (Å²) >= 11 is 0. The molecule has 0 amide bonds. The summed E-state index contributed by atoms with van der Waals surface area (Å²) in [6.45, 7) is 3.91. The minimum absolute atomic E-state index is 0.473. The van der Waals surface area contributed by atoms with Crippen molar-refractivity contribution in [1.82, 2.24) is 20.2 Å². The smallest absolute Gasteiger partial charge is 0.159 e. The Balaban J connectivity index is 1.29. The fraction of sp³-hybridized carbons (Fsp3) is 0.360. The fourth-order valence-corrected chi connectivity index (χ4v) is 3.99. The lowest BCUT2D eigenvalue weighted by Gasteiger charge is -2.33. The number of nitrogens with one attached hydrogen (secondary N) is 1. The molecule has 1 saturated heterocycles. The zero-order valence-electron chi connectivity index (χ0n) is 18.3. The van der Waals surface area contributed by atoms with E-state index in [-0.39, 0.29) is 0 Å². The van der Waals surface area contributed by atoms with Crippen molar-refractivity contribution < 1.29 is 9.47 Å². The molecule has 0 unspecified atom stereocenters. The lowest BCUT2D eigenvalue weighted by Crippen LogP contribution is -2.45. The molecule has 1 aliphatic heterocycles. The molecule has 1 aromatic heterocycles. The van der Waals surface area contributed by atoms with Crippen LogP contribution in [-0.2, 0) is 13.1 Å². The lowest BCUT2D eigenvalue weighted by atomic mass is 10.0. The summed E-state index contributed by atoms with van der Waals surface area (Å²) in [4.78, 5) is 11.6. The minimum atomic E-state index is 0.473. The van der Waals surface area contributed by atoms with Gasteiger partial charge in [-0.25, -0.2) is 9.97 Å². The van der Waals surface area contributed by atoms with Crippen LogP contribution in [0.15, 0.2) is 60.9 Å². The molecule has 2 heterocycles. The Bertz CT molecular complexity index is 960. The summed E-state index contributed by atoms with van der Waals surface area (Å²) < 4.78 is 10.6. The van der Waals surface area contributed by atoms with Crippen LogP contribution in [0.1, 0.15) is 24.0 Å². The van der Waals surface area contributed by atoms with Gasteiger partial charge in [0.05, 0.1) is 14.2 Å². The molecular formula is C25H30N4O2. The molecule has 162 valence electrons. The predicted octanol–water partition coefficient (Wildman–Crippen LogP) is 3.92. The van der Waals surface area contributed by atoms with E-state index in [9.17, 15) is 0 Å². The third kappa shape index (κ3) is 5.81. The van der Waals surface area contributed by atoms with Crippen molar-refractivity contribution in [3.8, 4) is 22.9 Å².